The number of benzene rings is 1. The lowest BCUT2D eigenvalue weighted by molar-refractivity contribution is 0.459. The maximum absolute atomic E-state index is 5.61. The van der Waals surface area contributed by atoms with Crippen molar-refractivity contribution >= 4 is 26.9 Å². The molecule has 0 saturated heterocycles. The molecule has 0 saturated carbocycles. The van der Waals surface area contributed by atoms with E-state index in [9.17, 15) is 0 Å². The first-order chi connectivity index (χ1) is 6.70. The highest BCUT2D eigenvalue weighted by Gasteiger charge is 2.09. The number of hydrogen-bond donors (Lipinski definition) is 2. The summed E-state index contributed by atoms with van der Waals surface area (Å²) in [6.07, 6.45) is 0. The Hall–Kier alpha value is -0.840. The summed E-state index contributed by atoms with van der Waals surface area (Å²) in [5.74, 6) is 6.18. The summed E-state index contributed by atoms with van der Waals surface area (Å²) in [6.45, 7) is 1.95. The molecule has 74 valence electrons. The molecule has 0 radical (unpaired) electrons. The van der Waals surface area contributed by atoms with E-state index in [4.69, 9.17) is 10.3 Å². The predicted molar refractivity (Wildman–Crippen MR) is 59.7 cm³/mol. The lowest BCUT2D eigenvalue weighted by Gasteiger charge is -2.03. The number of nitrogens with two attached hydrogens (primary N) is 1. The molecule has 2 aromatic rings. The van der Waals surface area contributed by atoms with Gasteiger partial charge in [0.15, 0.2) is 0 Å². The number of fused-ring (bicyclic) bond motifs is 1. The number of rotatable bonds is 2. The number of hydrazine groups is 1. The second-order valence-electron chi connectivity index (χ2n) is 3.22. The number of nitrogens with one attached hydrogen (secondary N) is 1. The minimum atomic E-state index is 0.0289. The van der Waals surface area contributed by atoms with Gasteiger partial charge in [-0.25, -0.2) is 0 Å². The molecular weight excluding hydrogens is 244 g/mol. The first-order valence-corrected chi connectivity index (χ1v) is 5.15. The third-order valence-electron chi connectivity index (χ3n) is 2.17. The standard InChI is InChI=1S/C10H11BrN2O/c1-6(13-12)10-5-7-4-8(11)2-3-9(7)14-10/h2-6,13H,12H2,1H3/t6-/m0/s1. The molecular formula is C10H11BrN2O. The fraction of sp³-hybridized carbons (Fsp3) is 0.200. The van der Waals surface area contributed by atoms with Crippen molar-refractivity contribution in [1.29, 1.82) is 0 Å². The van der Waals surface area contributed by atoms with Gasteiger partial charge in [0.1, 0.15) is 11.3 Å². The van der Waals surface area contributed by atoms with Crippen molar-refractivity contribution < 1.29 is 4.42 Å². The van der Waals surface area contributed by atoms with Crippen molar-refractivity contribution in [2.75, 3.05) is 0 Å². The van der Waals surface area contributed by atoms with Crippen LogP contribution >= 0.6 is 15.9 Å². The van der Waals surface area contributed by atoms with Crippen molar-refractivity contribution in [3.05, 3.63) is 34.5 Å². The summed E-state index contributed by atoms with van der Waals surface area (Å²) in [4.78, 5) is 0. The molecule has 1 heterocycles. The van der Waals surface area contributed by atoms with Gasteiger partial charge in [0, 0.05) is 9.86 Å². The van der Waals surface area contributed by atoms with Gasteiger partial charge in [-0.1, -0.05) is 15.9 Å². The molecule has 0 bridgehead atoms. The SMILES string of the molecule is C[C@H](NN)c1cc2cc(Br)ccc2o1. The van der Waals surface area contributed by atoms with Crippen LogP contribution in [0, 0.1) is 0 Å². The third-order valence-corrected chi connectivity index (χ3v) is 2.67. The summed E-state index contributed by atoms with van der Waals surface area (Å²) < 4.78 is 6.66. The zero-order valence-electron chi connectivity index (χ0n) is 7.75. The summed E-state index contributed by atoms with van der Waals surface area (Å²) in [5, 5.41) is 1.08. The Labute approximate surface area is 90.4 Å². The third kappa shape index (κ3) is 1.68. The van der Waals surface area contributed by atoms with Crippen LogP contribution in [0.2, 0.25) is 0 Å². The Balaban J connectivity index is 2.51. The molecule has 1 aromatic carbocycles. The molecule has 0 amide bonds. The Morgan fingerprint density at radius 1 is 1.43 bits per heavy atom. The van der Waals surface area contributed by atoms with E-state index in [0.29, 0.717) is 0 Å². The highest BCUT2D eigenvalue weighted by molar-refractivity contribution is 9.10. The van der Waals surface area contributed by atoms with Crippen LogP contribution in [-0.2, 0) is 0 Å². The van der Waals surface area contributed by atoms with E-state index in [1.165, 1.54) is 0 Å². The lowest BCUT2D eigenvalue weighted by Crippen LogP contribution is -2.25. The molecule has 14 heavy (non-hydrogen) atoms. The van der Waals surface area contributed by atoms with Gasteiger partial charge in [0.05, 0.1) is 6.04 Å². The van der Waals surface area contributed by atoms with Gasteiger partial charge in [-0.05, 0) is 31.2 Å². The molecule has 3 N–H and O–H groups in total. The smallest absolute Gasteiger partial charge is 0.134 e. The van der Waals surface area contributed by atoms with Crippen molar-refractivity contribution in [2.24, 2.45) is 5.84 Å². The molecule has 0 fully saturated rings. The molecule has 0 aliphatic carbocycles. The number of furan rings is 1. The molecule has 4 heteroatoms. The van der Waals surface area contributed by atoms with Gasteiger partial charge in [-0.3, -0.25) is 11.3 Å². The molecule has 0 unspecified atom stereocenters. The van der Waals surface area contributed by atoms with E-state index in [1.54, 1.807) is 0 Å². The van der Waals surface area contributed by atoms with Crippen LogP contribution in [0.3, 0.4) is 0 Å². The van der Waals surface area contributed by atoms with Gasteiger partial charge < -0.3 is 4.42 Å². The first-order valence-electron chi connectivity index (χ1n) is 4.36. The summed E-state index contributed by atoms with van der Waals surface area (Å²) in [7, 11) is 0. The van der Waals surface area contributed by atoms with Crippen LogP contribution in [-0.4, -0.2) is 0 Å². The molecule has 1 atom stereocenters. The minimum Gasteiger partial charge on any atom is -0.459 e. The predicted octanol–water partition coefficient (Wildman–Crippen LogP) is 2.72. The topological polar surface area (TPSA) is 51.2 Å². The number of hydrogen-bond acceptors (Lipinski definition) is 3. The monoisotopic (exact) mass is 254 g/mol. The largest absolute Gasteiger partial charge is 0.459 e. The first kappa shape index (κ1) is 9.71. The second-order valence-corrected chi connectivity index (χ2v) is 4.13. The zero-order chi connectivity index (χ0) is 10.1. The highest BCUT2D eigenvalue weighted by atomic mass is 79.9. The van der Waals surface area contributed by atoms with Crippen LogP contribution in [0.4, 0.5) is 0 Å². The van der Waals surface area contributed by atoms with Crippen LogP contribution < -0.4 is 11.3 Å². The minimum absolute atomic E-state index is 0.0289. The van der Waals surface area contributed by atoms with Crippen molar-refractivity contribution in [3.63, 3.8) is 0 Å². The second kappa shape index (κ2) is 3.73. The van der Waals surface area contributed by atoms with Crippen molar-refractivity contribution in [1.82, 2.24) is 5.43 Å². The van der Waals surface area contributed by atoms with E-state index in [1.807, 2.05) is 31.2 Å². The fourth-order valence-electron chi connectivity index (χ4n) is 1.33. The summed E-state index contributed by atoms with van der Waals surface area (Å²) >= 11 is 3.41. The van der Waals surface area contributed by atoms with E-state index in [2.05, 4.69) is 21.4 Å². The van der Waals surface area contributed by atoms with E-state index in [-0.39, 0.29) is 6.04 Å². The average molecular weight is 255 g/mol. The Bertz CT molecular complexity index is 452. The van der Waals surface area contributed by atoms with E-state index < -0.39 is 0 Å². The van der Waals surface area contributed by atoms with Gasteiger partial charge in [0.2, 0.25) is 0 Å². The van der Waals surface area contributed by atoms with Gasteiger partial charge in [0.25, 0.3) is 0 Å². The molecule has 1 aromatic heterocycles. The van der Waals surface area contributed by atoms with Gasteiger partial charge in [-0.15, -0.1) is 0 Å². The molecule has 0 aliphatic heterocycles. The molecule has 0 spiro atoms. The molecule has 3 nitrogen and oxygen atoms in total. The molecule has 0 aliphatic rings. The van der Waals surface area contributed by atoms with Crippen molar-refractivity contribution in [3.8, 4) is 0 Å². The van der Waals surface area contributed by atoms with Crippen LogP contribution in [0.1, 0.15) is 18.7 Å². The average Bonchev–Trinajstić information content (AvgIpc) is 2.59. The maximum Gasteiger partial charge on any atom is 0.134 e. The van der Waals surface area contributed by atoms with Gasteiger partial charge >= 0.3 is 0 Å². The normalized spacial score (nSPS) is 13.4. The fourth-order valence-corrected chi connectivity index (χ4v) is 1.71. The van der Waals surface area contributed by atoms with Crippen molar-refractivity contribution in [2.45, 2.75) is 13.0 Å². The van der Waals surface area contributed by atoms with Crippen LogP contribution in [0.5, 0.6) is 0 Å². The lowest BCUT2D eigenvalue weighted by atomic mass is 10.2. The summed E-state index contributed by atoms with van der Waals surface area (Å²) in [6, 6.07) is 7.93. The van der Waals surface area contributed by atoms with Crippen LogP contribution in [0.15, 0.2) is 33.2 Å². The molecule has 2 rings (SSSR count). The highest BCUT2D eigenvalue weighted by Crippen LogP contribution is 2.25. The Kier molecular flexibility index (Phi) is 2.58. The maximum atomic E-state index is 5.61. The Morgan fingerprint density at radius 2 is 2.21 bits per heavy atom. The summed E-state index contributed by atoms with van der Waals surface area (Å²) in [5.41, 5.74) is 3.53. The zero-order valence-corrected chi connectivity index (χ0v) is 9.34. The van der Waals surface area contributed by atoms with E-state index >= 15 is 0 Å². The van der Waals surface area contributed by atoms with Gasteiger partial charge in [-0.2, -0.15) is 0 Å². The number of halogens is 1. The quantitative estimate of drug-likeness (QED) is 0.640. The van der Waals surface area contributed by atoms with Crippen LogP contribution in [0.25, 0.3) is 11.0 Å². The Morgan fingerprint density at radius 3 is 2.93 bits per heavy atom. The van der Waals surface area contributed by atoms with E-state index in [0.717, 1.165) is 21.2 Å².